The summed E-state index contributed by atoms with van der Waals surface area (Å²) in [6, 6.07) is 9.77. The fraction of sp³-hybridized carbons (Fsp3) is 0.286. The minimum atomic E-state index is 0.689. The van der Waals surface area contributed by atoms with Crippen molar-refractivity contribution in [2.75, 3.05) is 13.7 Å². The van der Waals surface area contributed by atoms with Crippen molar-refractivity contribution >= 4 is 0 Å². The molecule has 0 amide bonds. The summed E-state index contributed by atoms with van der Waals surface area (Å²) in [5.41, 5.74) is 1.95. The lowest BCUT2D eigenvalue weighted by Gasteiger charge is -2.06. The van der Waals surface area contributed by atoms with Gasteiger partial charge in [-0.1, -0.05) is 19.1 Å². The monoisotopic (exact) mass is 243 g/mol. The van der Waals surface area contributed by atoms with E-state index in [9.17, 15) is 0 Å². The van der Waals surface area contributed by atoms with Gasteiger partial charge in [-0.3, -0.25) is 0 Å². The molecule has 0 radical (unpaired) electrons. The molecule has 0 aliphatic heterocycles. The summed E-state index contributed by atoms with van der Waals surface area (Å²) in [7, 11) is 1.66. The Hall–Kier alpha value is -1.94. The van der Waals surface area contributed by atoms with E-state index in [2.05, 4.69) is 22.2 Å². The van der Waals surface area contributed by atoms with Crippen LogP contribution in [0.4, 0.5) is 0 Å². The Kier molecular flexibility index (Phi) is 4.25. The third-order valence-corrected chi connectivity index (χ3v) is 2.60. The fourth-order valence-corrected chi connectivity index (χ4v) is 1.66. The molecule has 0 saturated heterocycles. The number of methoxy groups -OCH3 is 1. The molecule has 0 aliphatic carbocycles. The molecular formula is C14H17N3O. The maximum atomic E-state index is 5.22. The van der Waals surface area contributed by atoms with Crippen LogP contribution in [0.1, 0.15) is 12.7 Å². The highest BCUT2D eigenvalue weighted by atomic mass is 16.5. The highest BCUT2D eigenvalue weighted by molar-refractivity contribution is 5.60. The van der Waals surface area contributed by atoms with Gasteiger partial charge in [0.2, 0.25) is 0 Å². The Labute approximate surface area is 107 Å². The molecule has 0 saturated carbocycles. The largest absolute Gasteiger partial charge is 0.497 e. The third kappa shape index (κ3) is 3.05. The maximum absolute atomic E-state index is 5.22. The minimum Gasteiger partial charge on any atom is -0.497 e. The van der Waals surface area contributed by atoms with Gasteiger partial charge >= 0.3 is 0 Å². The molecule has 1 aromatic heterocycles. The first-order valence-electron chi connectivity index (χ1n) is 6.00. The summed E-state index contributed by atoms with van der Waals surface area (Å²) in [6.45, 7) is 3.66. The zero-order valence-electron chi connectivity index (χ0n) is 10.7. The van der Waals surface area contributed by atoms with Gasteiger partial charge in [-0.15, -0.1) is 0 Å². The van der Waals surface area contributed by atoms with E-state index in [0.717, 1.165) is 29.4 Å². The first kappa shape index (κ1) is 12.5. The first-order valence-corrected chi connectivity index (χ1v) is 6.00. The van der Waals surface area contributed by atoms with Gasteiger partial charge in [0.1, 0.15) is 11.6 Å². The Bertz CT molecular complexity index is 514. The molecule has 1 heterocycles. The zero-order valence-corrected chi connectivity index (χ0v) is 10.7. The predicted molar refractivity (Wildman–Crippen MR) is 71.4 cm³/mol. The molecule has 2 aromatic rings. The average Bonchev–Trinajstić information content (AvgIpc) is 2.45. The van der Waals surface area contributed by atoms with Crippen molar-refractivity contribution in [1.29, 1.82) is 0 Å². The molecule has 0 spiro atoms. The van der Waals surface area contributed by atoms with Gasteiger partial charge in [0.15, 0.2) is 0 Å². The molecule has 1 aromatic carbocycles. The molecule has 0 atom stereocenters. The number of ether oxygens (including phenoxy) is 1. The highest BCUT2D eigenvalue weighted by Gasteiger charge is 2.03. The minimum absolute atomic E-state index is 0.689. The van der Waals surface area contributed by atoms with Crippen LogP contribution in [0.3, 0.4) is 0 Å². The number of aromatic nitrogens is 2. The fourth-order valence-electron chi connectivity index (χ4n) is 1.66. The van der Waals surface area contributed by atoms with E-state index in [-0.39, 0.29) is 0 Å². The smallest absolute Gasteiger partial charge is 0.142 e. The van der Waals surface area contributed by atoms with Crippen molar-refractivity contribution in [3.8, 4) is 17.0 Å². The van der Waals surface area contributed by atoms with Gasteiger partial charge < -0.3 is 10.1 Å². The maximum Gasteiger partial charge on any atom is 0.142 e. The number of benzene rings is 1. The van der Waals surface area contributed by atoms with E-state index in [1.807, 2.05) is 30.3 Å². The Morgan fingerprint density at radius 2 is 2.17 bits per heavy atom. The number of nitrogens with zero attached hydrogens (tertiary/aromatic N) is 2. The molecular weight excluding hydrogens is 226 g/mol. The molecule has 2 rings (SSSR count). The molecule has 0 unspecified atom stereocenters. The van der Waals surface area contributed by atoms with Crippen LogP contribution in [0.5, 0.6) is 5.75 Å². The topological polar surface area (TPSA) is 47.0 Å². The van der Waals surface area contributed by atoms with Crippen LogP contribution in [0.2, 0.25) is 0 Å². The summed E-state index contributed by atoms with van der Waals surface area (Å²) >= 11 is 0. The summed E-state index contributed by atoms with van der Waals surface area (Å²) in [6.07, 6.45) is 1.79. The van der Waals surface area contributed by atoms with Crippen molar-refractivity contribution in [3.63, 3.8) is 0 Å². The lowest BCUT2D eigenvalue weighted by Crippen LogP contribution is -2.14. The summed E-state index contributed by atoms with van der Waals surface area (Å²) in [4.78, 5) is 8.77. The number of hydrogen-bond donors (Lipinski definition) is 1. The number of hydrogen-bond acceptors (Lipinski definition) is 4. The highest BCUT2D eigenvalue weighted by Crippen LogP contribution is 2.21. The lowest BCUT2D eigenvalue weighted by atomic mass is 10.1. The van der Waals surface area contributed by atoms with Crippen LogP contribution in [0, 0.1) is 0 Å². The van der Waals surface area contributed by atoms with Crippen LogP contribution < -0.4 is 10.1 Å². The van der Waals surface area contributed by atoms with E-state index in [1.165, 1.54) is 0 Å². The standard InChI is InChI=1S/C14H17N3O/c1-3-15-10-14-16-8-7-13(17-14)11-5-4-6-12(9-11)18-2/h4-9,15H,3,10H2,1-2H3. The van der Waals surface area contributed by atoms with Crippen LogP contribution in [-0.4, -0.2) is 23.6 Å². The quantitative estimate of drug-likeness (QED) is 0.875. The second-order valence-electron chi connectivity index (χ2n) is 3.87. The number of rotatable bonds is 5. The van der Waals surface area contributed by atoms with Crippen molar-refractivity contribution < 1.29 is 4.74 Å². The first-order chi connectivity index (χ1) is 8.83. The van der Waals surface area contributed by atoms with E-state index >= 15 is 0 Å². The Balaban J connectivity index is 2.26. The van der Waals surface area contributed by atoms with Gasteiger partial charge in [-0.2, -0.15) is 0 Å². The van der Waals surface area contributed by atoms with E-state index in [1.54, 1.807) is 13.3 Å². The normalized spacial score (nSPS) is 10.3. The van der Waals surface area contributed by atoms with Gasteiger partial charge in [-0.25, -0.2) is 9.97 Å². The van der Waals surface area contributed by atoms with E-state index < -0.39 is 0 Å². The van der Waals surface area contributed by atoms with Gasteiger partial charge in [0, 0.05) is 11.8 Å². The zero-order chi connectivity index (χ0) is 12.8. The van der Waals surface area contributed by atoms with Gasteiger partial charge in [0.05, 0.1) is 19.3 Å². The average molecular weight is 243 g/mol. The SMILES string of the molecule is CCNCc1nccc(-c2cccc(OC)c2)n1. The Morgan fingerprint density at radius 3 is 2.94 bits per heavy atom. The van der Waals surface area contributed by atoms with Crippen molar-refractivity contribution in [2.45, 2.75) is 13.5 Å². The molecule has 1 N–H and O–H groups in total. The second-order valence-corrected chi connectivity index (χ2v) is 3.87. The lowest BCUT2D eigenvalue weighted by molar-refractivity contribution is 0.415. The van der Waals surface area contributed by atoms with Gasteiger partial charge in [-0.05, 0) is 24.7 Å². The number of nitrogens with one attached hydrogen (secondary N) is 1. The van der Waals surface area contributed by atoms with Crippen LogP contribution in [0.15, 0.2) is 36.5 Å². The van der Waals surface area contributed by atoms with Crippen molar-refractivity contribution in [3.05, 3.63) is 42.4 Å². The van der Waals surface area contributed by atoms with Crippen LogP contribution in [0.25, 0.3) is 11.3 Å². The molecule has 4 heteroatoms. The molecule has 0 bridgehead atoms. The van der Waals surface area contributed by atoms with E-state index in [4.69, 9.17) is 4.74 Å². The third-order valence-electron chi connectivity index (χ3n) is 2.60. The summed E-state index contributed by atoms with van der Waals surface area (Å²) in [5, 5.41) is 3.22. The van der Waals surface area contributed by atoms with Crippen molar-refractivity contribution in [2.24, 2.45) is 0 Å². The molecule has 4 nitrogen and oxygen atoms in total. The Morgan fingerprint density at radius 1 is 1.28 bits per heavy atom. The van der Waals surface area contributed by atoms with Crippen molar-refractivity contribution in [1.82, 2.24) is 15.3 Å². The summed E-state index contributed by atoms with van der Waals surface area (Å²) < 4.78 is 5.22. The van der Waals surface area contributed by atoms with Gasteiger partial charge in [0.25, 0.3) is 0 Å². The van der Waals surface area contributed by atoms with E-state index in [0.29, 0.717) is 6.54 Å². The molecule has 0 fully saturated rings. The second kappa shape index (κ2) is 6.12. The molecule has 18 heavy (non-hydrogen) atoms. The summed E-state index contributed by atoms with van der Waals surface area (Å²) in [5.74, 6) is 1.64. The van der Waals surface area contributed by atoms with Crippen LogP contribution in [-0.2, 0) is 6.54 Å². The van der Waals surface area contributed by atoms with Crippen LogP contribution >= 0.6 is 0 Å². The predicted octanol–water partition coefficient (Wildman–Crippen LogP) is 2.26. The molecule has 94 valence electrons. The molecule has 0 aliphatic rings.